The topological polar surface area (TPSA) is 41.6 Å². The Labute approximate surface area is 78.0 Å². The highest BCUT2D eigenvalue weighted by molar-refractivity contribution is 5.09. The third-order valence-corrected chi connectivity index (χ3v) is 2.64. The van der Waals surface area contributed by atoms with E-state index in [1.807, 2.05) is 17.1 Å². The molecular weight excluding hydrogens is 162 g/mol. The number of nitrogens with zero attached hydrogens (tertiary/aromatic N) is 3. The van der Waals surface area contributed by atoms with Crippen LogP contribution in [0.2, 0.25) is 0 Å². The molecule has 68 valence electrons. The minimum absolute atomic E-state index is 0.479. The van der Waals surface area contributed by atoms with Crippen molar-refractivity contribution in [2.75, 3.05) is 0 Å². The lowest BCUT2D eigenvalue weighted by Crippen LogP contribution is -2.04. The summed E-state index contributed by atoms with van der Waals surface area (Å²) in [4.78, 5) is 0. The lowest BCUT2D eigenvalue weighted by molar-refractivity contribution is 0.466. The number of nitriles is 1. The molecule has 0 amide bonds. The second kappa shape index (κ2) is 3.61. The van der Waals surface area contributed by atoms with Crippen molar-refractivity contribution in [1.29, 1.82) is 5.26 Å². The lowest BCUT2D eigenvalue weighted by atomic mass is 10.2. The van der Waals surface area contributed by atoms with Crippen LogP contribution in [0.25, 0.3) is 0 Å². The first-order valence-corrected chi connectivity index (χ1v) is 4.80. The fourth-order valence-electron chi connectivity index (χ4n) is 1.93. The predicted octanol–water partition coefficient (Wildman–Crippen LogP) is 2.06. The van der Waals surface area contributed by atoms with Gasteiger partial charge in [-0.15, -0.1) is 0 Å². The van der Waals surface area contributed by atoms with Gasteiger partial charge in [-0.1, -0.05) is 12.8 Å². The molecule has 3 heteroatoms. The van der Waals surface area contributed by atoms with Crippen LogP contribution < -0.4 is 0 Å². The van der Waals surface area contributed by atoms with Gasteiger partial charge < -0.3 is 0 Å². The average Bonchev–Trinajstić information content (AvgIpc) is 2.70. The van der Waals surface area contributed by atoms with E-state index in [0.29, 0.717) is 12.5 Å². The zero-order valence-corrected chi connectivity index (χ0v) is 7.61. The molecule has 0 unspecified atom stereocenters. The standard InChI is InChI=1S/C10H13N3/c11-6-5-9-7-12-13(8-9)10-3-1-2-4-10/h7-8,10H,1-5H2. The Hall–Kier alpha value is -1.30. The predicted molar refractivity (Wildman–Crippen MR) is 49.0 cm³/mol. The second-order valence-electron chi connectivity index (χ2n) is 3.60. The maximum absolute atomic E-state index is 8.51. The molecule has 0 bridgehead atoms. The molecule has 0 atom stereocenters. The van der Waals surface area contributed by atoms with Crippen LogP contribution in [0.4, 0.5) is 0 Å². The molecule has 1 fully saturated rings. The molecule has 2 rings (SSSR count). The SMILES string of the molecule is N#CCc1cnn(C2CCCC2)c1. The maximum Gasteiger partial charge on any atom is 0.0670 e. The van der Waals surface area contributed by atoms with Crippen molar-refractivity contribution in [1.82, 2.24) is 9.78 Å². The van der Waals surface area contributed by atoms with Gasteiger partial charge in [0.05, 0.1) is 24.7 Å². The molecule has 0 aromatic carbocycles. The van der Waals surface area contributed by atoms with Gasteiger partial charge in [0.1, 0.15) is 0 Å². The Kier molecular flexibility index (Phi) is 2.31. The largest absolute Gasteiger partial charge is 0.269 e. The van der Waals surface area contributed by atoms with Crippen molar-refractivity contribution in [2.45, 2.75) is 38.1 Å². The quantitative estimate of drug-likeness (QED) is 0.690. The van der Waals surface area contributed by atoms with Crippen LogP contribution in [0.3, 0.4) is 0 Å². The molecule has 1 saturated carbocycles. The molecular formula is C10H13N3. The highest BCUT2D eigenvalue weighted by Crippen LogP contribution is 2.28. The number of hydrogen-bond acceptors (Lipinski definition) is 2. The van der Waals surface area contributed by atoms with Gasteiger partial charge in [-0.3, -0.25) is 4.68 Å². The second-order valence-corrected chi connectivity index (χ2v) is 3.60. The van der Waals surface area contributed by atoms with Gasteiger partial charge in [0, 0.05) is 11.8 Å². The minimum atomic E-state index is 0.479. The molecule has 0 N–H and O–H groups in total. The number of aromatic nitrogens is 2. The van der Waals surface area contributed by atoms with Crippen LogP contribution >= 0.6 is 0 Å². The van der Waals surface area contributed by atoms with Gasteiger partial charge in [-0.2, -0.15) is 10.4 Å². The van der Waals surface area contributed by atoms with Gasteiger partial charge in [0.2, 0.25) is 0 Å². The van der Waals surface area contributed by atoms with Crippen LogP contribution in [-0.2, 0) is 6.42 Å². The Morgan fingerprint density at radius 3 is 3.00 bits per heavy atom. The zero-order valence-electron chi connectivity index (χ0n) is 7.61. The normalized spacial score (nSPS) is 17.5. The summed E-state index contributed by atoms with van der Waals surface area (Å²) in [5.74, 6) is 0. The van der Waals surface area contributed by atoms with E-state index in [0.717, 1.165) is 5.56 Å². The summed E-state index contributed by atoms with van der Waals surface area (Å²) in [7, 11) is 0. The molecule has 1 aromatic heterocycles. The Morgan fingerprint density at radius 1 is 1.54 bits per heavy atom. The summed E-state index contributed by atoms with van der Waals surface area (Å²) in [6.07, 6.45) is 9.42. The first-order valence-electron chi connectivity index (χ1n) is 4.80. The van der Waals surface area contributed by atoms with Crippen LogP contribution in [0.15, 0.2) is 12.4 Å². The fourth-order valence-corrected chi connectivity index (χ4v) is 1.93. The van der Waals surface area contributed by atoms with Gasteiger partial charge >= 0.3 is 0 Å². The smallest absolute Gasteiger partial charge is 0.0670 e. The summed E-state index contributed by atoms with van der Waals surface area (Å²) in [5, 5.41) is 12.8. The molecule has 13 heavy (non-hydrogen) atoms. The van der Waals surface area contributed by atoms with Crippen molar-refractivity contribution in [3.8, 4) is 6.07 Å². The van der Waals surface area contributed by atoms with Crippen LogP contribution in [0.1, 0.15) is 37.3 Å². The molecule has 3 nitrogen and oxygen atoms in total. The summed E-state index contributed by atoms with van der Waals surface area (Å²) < 4.78 is 2.03. The molecule has 1 aliphatic carbocycles. The van der Waals surface area contributed by atoms with Gasteiger partial charge in [-0.25, -0.2) is 0 Å². The minimum Gasteiger partial charge on any atom is -0.269 e. The van der Waals surface area contributed by atoms with E-state index in [2.05, 4.69) is 11.2 Å². The monoisotopic (exact) mass is 175 g/mol. The first kappa shape index (κ1) is 8.31. The first-order chi connectivity index (χ1) is 6.40. The van der Waals surface area contributed by atoms with Crippen molar-refractivity contribution in [2.24, 2.45) is 0 Å². The summed E-state index contributed by atoms with van der Waals surface area (Å²) in [5.41, 5.74) is 1.04. The van der Waals surface area contributed by atoms with E-state index in [1.165, 1.54) is 25.7 Å². The van der Waals surface area contributed by atoms with E-state index >= 15 is 0 Å². The highest BCUT2D eigenvalue weighted by Gasteiger charge is 2.17. The fraction of sp³-hybridized carbons (Fsp3) is 0.600. The Bertz CT molecular complexity index is 315. The highest BCUT2D eigenvalue weighted by atomic mass is 15.3. The van der Waals surface area contributed by atoms with Gasteiger partial charge in [0.25, 0.3) is 0 Å². The maximum atomic E-state index is 8.51. The molecule has 1 heterocycles. The summed E-state index contributed by atoms with van der Waals surface area (Å²) in [6.45, 7) is 0. The van der Waals surface area contributed by atoms with E-state index in [4.69, 9.17) is 5.26 Å². The van der Waals surface area contributed by atoms with E-state index in [-0.39, 0.29) is 0 Å². The molecule has 0 aliphatic heterocycles. The third-order valence-electron chi connectivity index (χ3n) is 2.64. The van der Waals surface area contributed by atoms with Gasteiger partial charge in [0.15, 0.2) is 0 Å². The lowest BCUT2D eigenvalue weighted by Gasteiger charge is -2.08. The van der Waals surface area contributed by atoms with Gasteiger partial charge in [-0.05, 0) is 12.8 Å². The van der Waals surface area contributed by atoms with Crippen molar-refractivity contribution in [3.05, 3.63) is 18.0 Å². The third kappa shape index (κ3) is 1.72. The van der Waals surface area contributed by atoms with Crippen LogP contribution in [0.5, 0.6) is 0 Å². The molecule has 1 aliphatic rings. The molecule has 1 aromatic rings. The molecule has 0 saturated heterocycles. The van der Waals surface area contributed by atoms with E-state index in [1.54, 1.807) is 0 Å². The summed E-state index contributed by atoms with van der Waals surface area (Å²) in [6, 6.07) is 2.72. The Morgan fingerprint density at radius 2 is 2.31 bits per heavy atom. The Balaban J connectivity index is 2.08. The average molecular weight is 175 g/mol. The van der Waals surface area contributed by atoms with Crippen molar-refractivity contribution in [3.63, 3.8) is 0 Å². The van der Waals surface area contributed by atoms with Crippen molar-refractivity contribution >= 4 is 0 Å². The van der Waals surface area contributed by atoms with Crippen LogP contribution in [0, 0.1) is 11.3 Å². The van der Waals surface area contributed by atoms with Crippen LogP contribution in [-0.4, -0.2) is 9.78 Å². The van der Waals surface area contributed by atoms with E-state index < -0.39 is 0 Å². The summed E-state index contributed by atoms with van der Waals surface area (Å²) >= 11 is 0. The zero-order chi connectivity index (χ0) is 9.10. The number of rotatable bonds is 2. The molecule has 0 spiro atoms. The van der Waals surface area contributed by atoms with E-state index in [9.17, 15) is 0 Å². The molecule has 0 radical (unpaired) electrons. The number of hydrogen-bond donors (Lipinski definition) is 0. The van der Waals surface area contributed by atoms with Crippen molar-refractivity contribution < 1.29 is 0 Å².